The molecular weight excluding hydrogens is 351 g/mol. The summed E-state index contributed by atoms with van der Waals surface area (Å²) < 4.78 is 13.5. The second-order valence-electron chi connectivity index (χ2n) is 7.16. The van der Waals surface area contributed by atoms with Crippen molar-refractivity contribution in [3.8, 4) is 0 Å². The molecule has 0 saturated heterocycles. The molecule has 3 nitrogen and oxygen atoms in total. The molecule has 2 aromatic rings. The van der Waals surface area contributed by atoms with E-state index >= 15 is 0 Å². The van der Waals surface area contributed by atoms with Gasteiger partial charge in [0.2, 0.25) is 5.91 Å². The molecule has 2 aromatic carbocycles. The Bertz CT molecular complexity index is 780. The minimum Gasteiger partial charge on any atom is -0.337 e. The highest BCUT2D eigenvalue weighted by molar-refractivity contribution is 6.31. The van der Waals surface area contributed by atoms with Gasteiger partial charge in [0.25, 0.3) is 0 Å². The van der Waals surface area contributed by atoms with Crippen LogP contribution in [0.3, 0.4) is 0 Å². The number of hydrogen-bond acceptors (Lipinski definition) is 2. The van der Waals surface area contributed by atoms with Crippen LogP contribution in [0, 0.1) is 11.7 Å². The quantitative estimate of drug-likeness (QED) is 0.726. The molecule has 1 saturated carbocycles. The van der Waals surface area contributed by atoms with Gasteiger partial charge in [-0.2, -0.15) is 0 Å². The van der Waals surface area contributed by atoms with Gasteiger partial charge in [0, 0.05) is 30.6 Å². The van der Waals surface area contributed by atoms with Crippen LogP contribution in [0.5, 0.6) is 0 Å². The predicted molar refractivity (Wildman–Crippen MR) is 103 cm³/mol. The van der Waals surface area contributed by atoms with Gasteiger partial charge in [0.15, 0.2) is 0 Å². The number of carbonyl (C=O) groups excluding carboxylic acids is 1. The smallest absolute Gasteiger partial charge is 0.226 e. The lowest BCUT2D eigenvalue weighted by Gasteiger charge is -2.25. The summed E-state index contributed by atoms with van der Waals surface area (Å²) in [5.74, 6) is 0.0000855. The first-order valence-electron chi connectivity index (χ1n) is 8.88. The lowest BCUT2D eigenvalue weighted by molar-refractivity contribution is -0.133. The topological polar surface area (TPSA) is 23.6 Å². The summed E-state index contributed by atoms with van der Waals surface area (Å²) in [5, 5.41) is 0.720. The van der Waals surface area contributed by atoms with Crippen molar-refractivity contribution in [3.05, 3.63) is 70.5 Å². The second-order valence-corrected chi connectivity index (χ2v) is 7.57. The molecule has 1 aliphatic carbocycles. The first kappa shape index (κ1) is 18.9. The molecule has 0 heterocycles. The van der Waals surface area contributed by atoms with Gasteiger partial charge in [-0.05, 0) is 55.8 Å². The summed E-state index contributed by atoms with van der Waals surface area (Å²) >= 11 is 6.29. The number of likely N-dealkylation sites (N-methyl/N-ethyl adjacent to an activating group) is 1. The Morgan fingerprint density at radius 2 is 1.92 bits per heavy atom. The van der Waals surface area contributed by atoms with E-state index in [1.807, 2.05) is 54.2 Å². The van der Waals surface area contributed by atoms with Crippen molar-refractivity contribution in [3.63, 3.8) is 0 Å². The third kappa shape index (κ3) is 4.63. The Hall–Kier alpha value is -1.91. The number of rotatable bonds is 7. The minimum atomic E-state index is -0.275. The molecule has 0 bridgehead atoms. The molecule has 1 fully saturated rings. The molecular formula is C21H24ClFN2O. The summed E-state index contributed by atoms with van der Waals surface area (Å²) in [6.07, 6.45) is 0.824. The van der Waals surface area contributed by atoms with Gasteiger partial charge < -0.3 is 9.80 Å². The van der Waals surface area contributed by atoms with Crippen LogP contribution < -0.4 is 0 Å². The van der Waals surface area contributed by atoms with Crippen LogP contribution in [0.15, 0.2) is 48.5 Å². The lowest BCUT2D eigenvalue weighted by atomic mass is 10.1. The maximum atomic E-state index is 13.5. The number of hydrogen-bond donors (Lipinski definition) is 0. The van der Waals surface area contributed by atoms with Crippen molar-refractivity contribution in [2.75, 3.05) is 27.2 Å². The predicted octanol–water partition coefficient (Wildman–Crippen LogP) is 4.17. The monoisotopic (exact) mass is 374 g/mol. The molecule has 0 radical (unpaired) electrons. The fraction of sp³-hybridized carbons (Fsp3) is 0.381. The molecule has 2 unspecified atom stereocenters. The number of benzene rings is 2. The van der Waals surface area contributed by atoms with Gasteiger partial charge in [-0.15, -0.1) is 0 Å². The van der Waals surface area contributed by atoms with Gasteiger partial charge >= 0.3 is 0 Å². The summed E-state index contributed by atoms with van der Waals surface area (Å²) in [5.41, 5.74) is 1.86. The summed E-state index contributed by atoms with van der Waals surface area (Å²) in [7, 11) is 3.96. The van der Waals surface area contributed by atoms with E-state index in [1.54, 1.807) is 6.07 Å². The molecule has 1 aliphatic rings. The molecule has 138 valence electrons. The third-order valence-electron chi connectivity index (χ3n) is 4.80. The summed E-state index contributed by atoms with van der Waals surface area (Å²) in [6, 6.07) is 14.2. The van der Waals surface area contributed by atoms with Crippen LogP contribution in [0.4, 0.5) is 4.39 Å². The first-order valence-corrected chi connectivity index (χ1v) is 9.26. The average molecular weight is 375 g/mol. The third-order valence-corrected chi connectivity index (χ3v) is 5.15. The maximum absolute atomic E-state index is 13.5. The SMILES string of the molecule is CN(C)CCN(Cc1cccc(F)c1)C(=O)C1CC1c1ccccc1Cl. The highest BCUT2D eigenvalue weighted by atomic mass is 35.5. The zero-order valence-electron chi connectivity index (χ0n) is 15.2. The normalized spacial score (nSPS) is 18.8. The van der Waals surface area contributed by atoms with Crippen LogP contribution in [0.1, 0.15) is 23.5 Å². The molecule has 5 heteroatoms. The fourth-order valence-electron chi connectivity index (χ4n) is 3.27. The van der Waals surface area contributed by atoms with Crippen LogP contribution in [-0.4, -0.2) is 42.9 Å². The van der Waals surface area contributed by atoms with E-state index in [0.717, 1.165) is 29.1 Å². The second kappa shape index (κ2) is 8.19. The first-order chi connectivity index (χ1) is 12.5. The molecule has 1 amide bonds. The standard InChI is InChI=1S/C21H24ClFN2O/c1-24(2)10-11-25(14-15-6-5-7-16(23)12-15)21(26)19-13-18(19)17-8-3-4-9-20(17)22/h3-9,12,18-19H,10-11,13-14H2,1-2H3. The number of halogens is 2. The molecule has 0 aromatic heterocycles. The van der Waals surface area contributed by atoms with Crippen molar-refractivity contribution in [2.45, 2.75) is 18.9 Å². The Labute approximate surface area is 159 Å². The Morgan fingerprint density at radius 3 is 2.62 bits per heavy atom. The number of amides is 1. The molecule has 0 aliphatic heterocycles. The van der Waals surface area contributed by atoms with Crippen molar-refractivity contribution >= 4 is 17.5 Å². The Balaban J connectivity index is 1.72. The van der Waals surface area contributed by atoms with Gasteiger partial charge in [0.1, 0.15) is 5.82 Å². The Morgan fingerprint density at radius 1 is 1.15 bits per heavy atom. The highest BCUT2D eigenvalue weighted by Crippen LogP contribution is 2.50. The van der Waals surface area contributed by atoms with E-state index < -0.39 is 0 Å². The zero-order valence-corrected chi connectivity index (χ0v) is 15.9. The van der Waals surface area contributed by atoms with E-state index in [-0.39, 0.29) is 23.6 Å². The van der Waals surface area contributed by atoms with Crippen LogP contribution in [0.25, 0.3) is 0 Å². The average Bonchev–Trinajstić information content (AvgIpc) is 3.39. The van der Waals surface area contributed by atoms with Crippen LogP contribution >= 0.6 is 11.6 Å². The van der Waals surface area contributed by atoms with E-state index in [2.05, 4.69) is 0 Å². The Kier molecular flexibility index (Phi) is 5.94. The van der Waals surface area contributed by atoms with Gasteiger partial charge in [-0.3, -0.25) is 4.79 Å². The summed E-state index contributed by atoms with van der Waals surface area (Å²) in [4.78, 5) is 17.0. The lowest BCUT2D eigenvalue weighted by Crippen LogP contribution is -2.37. The molecule has 3 rings (SSSR count). The van der Waals surface area contributed by atoms with Crippen molar-refractivity contribution in [1.82, 2.24) is 9.80 Å². The minimum absolute atomic E-state index is 0.0365. The van der Waals surface area contributed by atoms with E-state index in [1.165, 1.54) is 12.1 Å². The van der Waals surface area contributed by atoms with Crippen LogP contribution in [0.2, 0.25) is 5.02 Å². The molecule has 26 heavy (non-hydrogen) atoms. The van der Waals surface area contributed by atoms with E-state index in [4.69, 9.17) is 11.6 Å². The highest BCUT2D eigenvalue weighted by Gasteiger charge is 2.46. The zero-order chi connectivity index (χ0) is 18.7. The van der Waals surface area contributed by atoms with Crippen molar-refractivity contribution in [2.24, 2.45) is 5.92 Å². The van der Waals surface area contributed by atoms with Crippen molar-refractivity contribution in [1.29, 1.82) is 0 Å². The van der Waals surface area contributed by atoms with Crippen molar-refractivity contribution < 1.29 is 9.18 Å². The van der Waals surface area contributed by atoms with E-state index in [0.29, 0.717) is 13.1 Å². The summed E-state index contributed by atoms with van der Waals surface area (Å²) in [6.45, 7) is 1.81. The van der Waals surface area contributed by atoms with Gasteiger partial charge in [-0.25, -0.2) is 4.39 Å². The van der Waals surface area contributed by atoms with Crippen LogP contribution in [-0.2, 0) is 11.3 Å². The maximum Gasteiger partial charge on any atom is 0.226 e. The number of carbonyl (C=O) groups is 1. The van der Waals surface area contributed by atoms with E-state index in [9.17, 15) is 9.18 Å². The molecule has 2 atom stereocenters. The molecule has 0 spiro atoms. The fourth-order valence-corrected chi connectivity index (χ4v) is 3.54. The number of nitrogens with zero attached hydrogens (tertiary/aromatic N) is 2. The largest absolute Gasteiger partial charge is 0.337 e. The van der Waals surface area contributed by atoms with Gasteiger partial charge in [0.05, 0.1) is 0 Å². The van der Waals surface area contributed by atoms with Gasteiger partial charge in [-0.1, -0.05) is 41.9 Å². The molecule has 0 N–H and O–H groups in total.